The Labute approximate surface area is 155 Å². The molecule has 0 spiro atoms. The van der Waals surface area contributed by atoms with Gasteiger partial charge in [-0.15, -0.1) is 5.10 Å². The summed E-state index contributed by atoms with van der Waals surface area (Å²) in [6.45, 7) is 1.95. The van der Waals surface area contributed by atoms with Crippen LogP contribution in [-0.2, 0) is 6.54 Å². The molecule has 1 N–H and O–H groups in total. The molecule has 8 heteroatoms. The van der Waals surface area contributed by atoms with Gasteiger partial charge >= 0.3 is 0 Å². The molecule has 0 aliphatic rings. The highest BCUT2D eigenvalue weighted by Gasteiger charge is 2.13. The van der Waals surface area contributed by atoms with Crippen molar-refractivity contribution in [1.29, 1.82) is 0 Å². The smallest absolute Gasteiger partial charge is 0.273 e. The summed E-state index contributed by atoms with van der Waals surface area (Å²) in [6.07, 6.45) is 1.50. The van der Waals surface area contributed by atoms with E-state index >= 15 is 0 Å². The molecule has 1 amide bonds. The minimum absolute atomic E-state index is 0.164. The number of benzene rings is 2. The van der Waals surface area contributed by atoms with Crippen LogP contribution in [-0.4, -0.2) is 35.1 Å². The summed E-state index contributed by atoms with van der Waals surface area (Å²) in [4.78, 5) is 12.3. The standard InChI is InChI=1S/C19H19FN4O3/c1-12-8-14(5-6-15(12)20)24-11-16(22-23-24)19(25)21-10-13-4-7-17(26-2)18(9-13)27-3/h4-9,11H,10H2,1-3H3,(H,21,25). The van der Waals surface area contributed by atoms with Crippen LogP contribution in [0.15, 0.2) is 42.6 Å². The molecular formula is C19H19FN4O3. The number of nitrogens with one attached hydrogen (secondary N) is 1. The fourth-order valence-electron chi connectivity index (χ4n) is 2.53. The average molecular weight is 370 g/mol. The number of hydrogen-bond acceptors (Lipinski definition) is 5. The van der Waals surface area contributed by atoms with Gasteiger partial charge in [0, 0.05) is 6.54 Å². The van der Waals surface area contributed by atoms with Gasteiger partial charge in [0.2, 0.25) is 0 Å². The lowest BCUT2D eigenvalue weighted by molar-refractivity contribution is 0.0946. The van der Waals surface area contributed by atoms with Gasteiger partial charge in [-0.3, -0.25) is 4.79 Å². The molecule has 0 aliphatic carbocycles. The molecule has 7 nitrogen and oxygen atoms in total. The SMILES string of the molecule is COc1ccc(CNC(=O)c2cn(-c3ccc(F)c(C)c3)nn2)cc1OC. The Kier molecular flexibility index (Phi) is 5.35. The lowest BCUT2D eigenvalue weighted by Gasteiger charge is -2.09. The van der Waals surface area contributed by atoms with Gasteiger partial charge < -0.3 is 14.8 Å². The summed E-state index contributed by atoms with van der Waals surface area (Å²) in [5, 5.41) is 10.6. The van der Waals surface area contributed by atoms with Gasteiger partial charge in [-0.2, -0.15) is 0 Å². The van der Waals surface area contributed by atoms with Crippen LogP contribution in [0.25, 0.3) is 5.69 Å². The van der Waals surface area contributed by atoms with E-state index in [0.717, 1.165) is 5.56 Å². The number of ether oxygens (including phenoxy) is 2. The van der Waals surface area contributed by atoms with Crippen molar-refractivity contribution in [2.24, 2.45) is 0 Å². The van der Waals surface area contributed by atoms with Gasteiger partial charge in [0.25, 0.3) is 5.91 Å². The highest BCUT2D eigenvalue weighted by atomic mass is 19.1. The van der Waals surface area contributed by atoms with Gasteiger partial charge in [0.05, 0.1) is 26.1 Å². The van der Waals surface area contributed by atoms with Crippen LogP contribution in [0.4, 0.5) is 4.39 Å². The minimum atomic E-state index is -0.366. The van der Waals surface area contributed by atoms with E-state index in [1.807, 2.05) is 6.07 Å². The number of rotatable bonds is 6. The molecule has 140 valence electrons. The van der Waals surface area contributed by atoms with E-state index < -0.39 is 0 Å². The van der Waals surface area contributed by atoms with E-state index in [4.69, 9.17) is 9.47 Å². The third-order valence-corrected chi connectivity index (χ3v) is 4.03. The Morgan fingerprint density at radius 2 is 1.93 bits per heavy atom. The zero-order valence-corrected chi connectivity index (χ0v) is 15.2. The zero-order chi connectivity index (χ0) is 19.4. The molecule has 0 saturated carbocycles. The van der Waals surface area contributed by atoms with Crippen LogP contribution in [0.1, 0.15) is 21.6 Å². The molecule has 1 aromatic heterocycles. The van der Waals surface area contributed by atoms with Crippen LogP contribution in [0.3, 0.4) is 0 Å². The quantitative estimate of drug-likeness (QED) is 0.722. The number of methoxy groups -OCH3 is 2. The molecule has 2 aromatic carbocycles. The predicted octanol–water partition coefficient (Wildman–Crippen LogP) is 2.66. The number of carbonyl (C=O) groups excluding carboxylic acids is 1. The van der Waals surface area contributed by atoms with Crippen LogP contribution in [0.2, 0.25) is 0 Å². The third kappa shape index (κ3) is 4.05. The Morgan fingerprint density at radius 3 is 2.63 bits per heavy atom. The van der Waals surface area contributed by atoms with Gasteiger partial charge in [-0.25, -0.2) is 9.07 Å². The van der Waals surface area contributed by atoms with Crippen molar-refractivity contribution in [2.75, 3.05) is 14.2 Å². The lowest BCUT2D eigenvalue weighted by Crippen LogP contribution is -2.23. The summed E-state index contributed by atoms with van der Waals surface area (Å²) in [5.41, 5.74) is 2.13. The van der Waals surface area contributed by atoms with E-state index in [1.54, 1.807) is 45.4 Å². The summed E-state index contributed by atoms with van der Waals surface area (Å²) in [5.74, 6) is 0.536. The Balaban J connectivity index is 1.68. The van der Waals surface area contributed by atoms with Crippen molar-refractivity contribution in [3.63, 3.8) is 0 Å². The molecule has 0 aliphatic heterocycles. The van der Waals surface area contributed by atoms with Crippen LogP contribution in [0.5, 0.6) is 11.5 Å². The molecule has 1 heterocycles. The Bertz CT molecular complexity index is 971. The molecule has 27 heavy (non-hydrogen) atoms. The maximum absolute atomic E-state index is 13.4. The third-order valence-electron chi connectivity index (χ3n) is 4.03. The largest absolute Gasteiger partial charge is 0.493 e. The molecule has 0 saturated heterocycles. The molecule has 0 atom stereocenters. The van der Waals surface area contributed by atoms with E-state index in [1.165, 1.54) is 16.9 Å². The average Bonchev–Trinajstić information content (AvgIpc) is 3.18. The van der Waals surface area contributed by atoms with E-state index in [0.29, 0.717) is 29.3 Å². The topological polar surface area (TPSA) is 78.3 Å². The van der Waals surface area contributed by atoms with Crippen molar-refractivity contribution < 1.29 is 18.7 Å². The highest BCUT2D eigenvalue weighted by molar-refractivity contribution is 5.91. The Hall–Kier alpha value is -3.42. The second-order valence-corrected chi connectivity index (χ2v) is 5.85. The first kappa shape index (κ1) is 18.4. The van der Waals surface area contributed by atoms with Gasteiger partial charge in [-0.1, -0.05) is 11.3 Å². The van der Waals surface area contributed by atoms with Crippen molar-refractivity contribution >= 4 is 5.91 Å². The summed E-state index contributed by atoms with van der Waals surface area (Å²) in [7, 11) is 3.11. The lowest BCUT2D eigenvalue weighted by atomic mass is 10.2. The monoisotopic (exact) mass is 370 g/mol. The summed E-state index contributed by atoms with van der Waals surface area (Å²) < 4.78 is 25.3. The normalized spacial score (nSPS) is 10.5. The van der Waals surface area contributed by atoms with Crippen molar-refractivity contribution in [3.8, 4) is 17.2 Å². The zero-order valence-electron chi connectivity index (χ0n) is 15.2. The van der Waals surface area contributed by atoms with Gasteiger partial charge in [-0.05, 0) is 48.4 Å². The first-order valence-electron chi connectivity index (χ1n) is 8.20. The number of nitrogens with zero attached hydrogens (tertiary/aromatic N) is 3. The number of aromatic nitrogens is 3. The fourth-order valence-corrected chi connectivity index (χ4v) is 2.53. The van der Waals surface area contributed by atoms with Crippen LogP contribution in [0, 0.1) is 12.7 Å². The number of halogens is 1. The summed E-state index contributed by atoms with van der Waals surface area (Å²) >= 11 is 0. The molecule has 3 rings (SSSR count). The van der Waals surface area contributed by atoms with E-state index in [9.17, 15) is 9.18 Å². The molecule has 0 radical (unpaired) electrons. The minimum Gasteiger partial charge on any atom is -0.493 e. The van der Waals surface area contributed by atoms with Gasteiger partial charge in [0.15, 0.2) is 17.2 Å². The molecule has 0 bridgehead atoms. The number of amides is 1. The Morgan fingerprint density at radius 1 is 1.15 bits per heavy atom. The first-order chi connectivity index (χ1) is 13.0. The maximum atomic E-state index is 13.4. The number of carbonyl (C=O) groups is 1. The van der Waals surface area contributed by atoms with Crippen LogP contribution >= 0.6 is 0 Å². The number of hydrogen-bond donors (Lipinski definition) is 1. The molecular weight excluding hydrogens is 351 g/mol. The molecule has 0 fully saturated rings. The summed E-state index contributed by atoms with van der Waals surface area (Å²) in [6, 6.07) is 9.95. The second-order valence-electron chi connectivity index (χ2n) is 5.85. The van der Waals surface area contributed by atoms with Crippen molar-refractivity contribution in [1.82, 2.24) is 20.3 Å². The van der Waals surface area contributed by atoms with Gasteiger partial charge in [0.1, 0.15) is 5.82 Å². The predicted molar refractivity (Wildman–Crippen MR) is 96.8 cm³/mol. The van der Waals surface area contributed by atoms with E-state index in [-0.39, 0.29) is 17.4 Å². The molecule has 0 unspecified atom stereocenters. The molecule has 3 aromatic rings. The fraction of sp³-hybridized carbons (Fsp3) is 0.211. The van der Waals surface area contributed by atoms with Crippen molar-refractivity contribution in [3.05, 3.63) is 65.2 Å². The second kappa shape index (κ2) is 7.86. The van der Waals surface area contributed by atoms with E-state index in [2.05, 4.69) is 15.6 Å². The van der Waals surface area contributed by atoms with Crippen LogP contribution < -0.4 is 14.8 Å². The first-order valence-corrected chi connectivity index (χ1v) is 8.20. The number of aryl methyl sites for hydroxylation is 1. The van der Waals surface area contributed by atoms with Crippen molar-refractivity contribution in [2.45, 2.75) is 13.5 Å². The maximum Gasteiger partial charge on any atom is 0.273 e. The highest BCUT2D eigenvalue weighted by Crippen LogP contribution is 2.27.